The Kier molecular flexibility index (Phi) is 6.62. The molecule has 1 amide bonds. The highest BCUT2D eigenvalue weighted by molar-refractivity contribution is 7.92. The quantitative estimate of drug-likeness (QED) is 0.738. The van der Waals surface area contributed by atoms with Crippen LogP contribution in [0.15, 0.2) is 42.5 Å². The topological polar surface area (TPSA) is 84.9 Å². The number of ether oxygens (including phenoxy) is 2. The second kappa shape index (κ2) is 8.72. The molecule has 2 rings (SSSR count). The van der Waals surface area contributed by atoms with Gasteiger partial charge in [0.1, 0.15) is 5.82 Å². The van der Waals surface area contributed by atoms with Crippen LogP contribution in [-0.4, -0.2) is 47.9 Å². The van der Waals surface area contributed by atoms with Crippen LogP contribution in [-0.2, 0) is 10.0 Å². The third-order valence-electron chi connectivity index (χ3n) is 3.74. The van der Waals surface area contributed by atoms with Crippen molar-refractivity contribution < 1.29 is 27.1 Å². The van der Waals surface area contributed by atoms with Crippen molar-refractivity contribution in [2.75, 3.05) is 37.9 Å². The van der Waals surface area contributed by atoms with Gasteiger partial charge in [-0.2, -0.15) is 0 Å². The molecule has 2 aromatic carbocycles. The highest BCUT2D eigenvalue weighted by atomic mass is 32.2. The summed E-state index contributed by atoms with van der Waals surface area (Å²) in [7, 11) is -0.687. The average Bonchev–Trinajstić information content (AvgIpc) is 2.63. The number of anilines is 1. The molecule has 0 spiro atoms. The smallest absolute Gasteiger partial charge is 0.251 e. The zero-order valence-electron chi connectivity index (χ0n) is 15.2. The Morgan fingerprint density at radius 3 is 2.41 bits per heavy atom. The molecule has 7 nitrogen and oxygen atoms in total. The van der Waals surface area contributed by atoms with Crippen LogP contribution in [0.25, 0.3) is 0 Å². The molecule has 2 aromatic rings. The highest BCUT2D eigenvalue weighted by Gasteiger charge is 2.18. The van der Waals surface area contributed by atoms with Gasteiger partial charge >= 0.3 is 0 Å². The van der Waals surface area contributed by atoms with Crippen LogP contribution >= 0.6 is 0 Å². The molecule has 0 aliphatic heterocycles. The number of sulfonamides is 1. The van der Waals surface area contributed by atoms with Gasteiger partial charge in [0.2, 0.25) is 10.0 Å². The summed E-state index contributed by atoms with van der Waals surface area (Å²) in [6, 6.07) is 9.95. The van der Waals surface area contributed by atoms with Crippen molar-refractivity contribution >= 4 is 21.6 Å². The van der Waals surface area contributed by atoms with Gasteiger partial charge in [-0.05, 0) is 36.4 Å². The molecule has 0 saturated heterocycles. The molecule has 146 valence electrons. The highest BCUT2D eigenvalue weighted by Crippen LogP contribution is 2.27. The van der Waals surface area contributed by atoms with Crippen LogP contribution < -0.4 is 19.1 Å². The first-order valence-electron chi connectivity index (χ1n) is 7.99. The second-order valence-corrected chi connectivity index (χ2v) is 7.55. The minimum Gasteiger partial charge on any atom is -0.493 e. The number of methoxy groups -OCH3 is 2. The average molecular weight is 396 g/mol. The monoisotopic (exact) mass is 396 g/mol. The van der Waals surface area contributed by atoms with E-state index in [1.165, 1.54) is 38.5 Å². The van der Waals surface area contributed by atoms with Crippen LogP contribution in [0.4, 0.5) is 10.1 Å². The number of benzene rings is 2. The van der Waals surface area contributed by atoms with Gasteiger partial charge in [0.05, 0.1) is 32.7 Å². The maximum atomic E-state index is 13.4. The van der Waals surface area contributed by atoms with E-state index >= 15 is 0 Å². The molecule has 0 aromatic heterocycles. The van der Waals surface area contributed by atoms with E-state index < -0.39 is 21.7 Å². The fourth-order valence-corrected chi connectivity index (χ4v) is 3.39. The molecule has 0 heterocycles. The molecule has 1 N–H and O–H groups in total. The van der Waals surface area contributed by atoms with Gasteiger partial charge in [-0.15, -0.1) is 0 Å². The molecular weight excluding hydrogens is 375 g/mol. The van der Waals surface area contributed by atoms with E-state index in [0.29, 0.717) is 17.1 Å². The third kappa shape index (κ3) is 5.33. The van der Waals surface area contributed by atoms with Crippen molar-refractivity contribution in [3.8, 4) is 11.5 Å². The zero-order chi connectivity index (χ0) is 20.0. The standard InChI is InChI=1S/C18H21FN2O5S/c1-25-16-8-7-13(11-17(16)26-2)18(22)20-9-10-21(27(3,23)24)15-6-4-5-14(19)12-15/h4-8,11-12H,9-10H2,1-3H3,(H,20,22). The van der Waals surface area contributed by atoms with E-state index in [9.17, 15) is 17.6 Å². The molecule has 0 saturated carbocycles. The first-order chi connectivity index (χ1) is 12.8. The summed E-state index contributed by atoms with van der Waals surface area (Å²) in [6.07, 6.45) is 1.02. The van der Waals surface area contributed by atoms with Crippen LogP contribution in [0.1, 0.15) is 10.4 Å². The van der Waals surface area contributed by atoms with Crippen LogP contribution in [0.2, 0.25) is 0 Å². The Morgan fingerprint density at radius 1 is 1.11 bits per heavy atom. The van der Waals surface area contributed by atoms with Gasteiger partial charge in [0.25, 0.3) is 5.91 Å². The molecule has 27 heavy (non-hydrogen) atoms. The summed E-state index contributed by atoms with van der Waals surface area (Å²) in [5, 5.41) is 2.64. The zero-order valence-corrected chi connectivity index (χ0v) is 16.0. The number of nitrogens with one attached hydrogen (secondary N) is 1. The van der Waals surface area contributed by atoms with Gasteiger partial charge in [-0.3, -0.25) is 9.10 Å². The van der Waals surface area contributed by atoms with E-state index in [2.05, 4.69) is 5.32 Å². The lowest BCUT2D eigenvalue weighted by atomic mass is 10.2. The Bertz CT molecular complexity index is 918. The van der Waals surface area contributed by atoms with Crippen molar-refractivity contribution in [2.24, 2.45) is 0 Å². The summed E-state index contributed by atoms with van der Waals surface area (Å²) < 4.78 is 48.7. The fraction of sp³-hybridized carbons (Fsp3) is 0.278. The van der Waals surface area contributed by atoms with E-state index in [-0.39, 0.29) is 18.8 Å². The minimum atomic E-state index is -3.64. The molecule has 0 aliphatic rings. The molecule has 0 unspecified atom stereocenters. The lowest BCUT2D eigenvalue weighted by Gasteiger charge is -2.22. The van der Waals surface area contributed by atoms with Gasteiger partial charge in [0, 0.05) is 12.1 Å². The van der Waals surface area contributed by atoms with Gasteiger partial charge < -0.3 is 14.8 Å². The normalized spacial score (nSPS) is 11.0. The van der Waals surface area contributed by atoms with E-state index in [1.807, 2.05) is 0 Å². The summed E-state index contributed by atoms with van der Waals surface area (Å²) in [4.78, 5) is 12.3. The van der Waals surface area contributed by atoms with E-state index in [1.54, 1.807) is 12.1 Å². The summed E-state index contributed by atoms with van der Waals surface area (Å²) in [5.74, 6) is -0.0507. The van der Waals surface area contributed by atoms with Gasteiger partial charge in [-0.25, -0.2) is 12.8 Å². The molecule has 0 aliphatic carbocycles. The largest absolute Gasteiger partial charge is 0.493 e. The van der Waals surface area contributed by atoms with Crippen LogP contribution in [0, 0.1) is 5.82 Å². The van der Waals surface area contributed by atoms with E-state index in [0.717, 1.165) is 16.6 Å². The number of amides is 1. The molecule has 0 atom stereocenters. The van der Waals surface area contributed by atoms with Crippen LogP contribution in [0.3, 0.4) is 0 Å². The predicted octanol–water partition coefficient (Wildman–Crippen LogP) is 2.04. The van der Waals surface area contributed by atoms with Crippen molar-refractivity contribution in [3.63, 3.8) is 0 Å². The van der Waals surface area contributed by atoms with Crippen LogP contribution in [0.5, 0.6) is 11.5 Å². The lowest BCUT2D eigenvalue weighted by molar-refractivity contribution is 0.0954. The van der Waals surface area contributed by atoms with Crippen molar-refractivity contribution in [3.05, 3.63) is 53.8 Å². The molecule has 0 bridgehead atoms. The van der Waals surface area contributed by atoms with E-state index in [4.69, 9.17) is 9.47 Å². The number of hydrogen-bond donors (Lipinski definition) is 1. The maximum Gasteiger partial charge on any atom is 0.251 e. The first-order valence-corrected chi connectivity index (χ1v) is 9.84. The second-order valence-electron chi connectivity index (χ2n) is 5.64. The number of halogens is 1. The number of carbonyl (C=O) groups excluding carboxylic acids is 1. The number of hydrogen-bond acceptors (Lipinski definition) is 5. The molecule has 9 heteroatoms. The van der Waals surface area contributed by atoms with Crippen molar-refractivity contribution in [2.45, 2.75) is 0 Å². The first kappa shape index (κ1) is 20.5. The molecule has 0 fully saturated rings. The summed E-state index contributed by atoms with van der Waals surface area (Å²) in [6.45, 7) is -0.00191. The minimum absolute atomic E-state index is 0.0385. The lowest BCUT2D eigenvalue weighted by Crippen LogP contribution is -2.38. The SMILES string of the molecule is COc1ccc(C(=O)NCCN(c2cccc(F)c2)S(C)(=O)=O)cc1OC. The Hall–Kier alpha value is -2.81. The third-order valence-corrected chi connectivity index (χ3v) is 4.94. The number of rotatable bonds is 8. The van der Waals surface area contributed by atoms with Crippen molar-refractivity contribution in [1.29, 1.82) is 0 Å². The molecular formula is C18H21FN2O5S. The predicted molar refractivity (Wildman–Crippen MR) is 100 cm³/mol. The summed E-state index contributed by atoms with van der Waals surface area (Å²) in [5.41, 5.74) is 0.530. The molecule has 0 radical (unpaired) electrons. The Balaban J connectivity index is 2.07. The fourth-order valence-electron chi connectivity index (χ4n) is 2.47. The Morgan fingerprint density at radius 2 is 1.81 bits per heavy atom. The number of carbonyl (C=O) groups is 1. The van der Waals surface area contributed by atoms with Gasteiger partial charge in [0.15, 0.2) is 11.5 Å². The van der Waals surface area contributed by atoms with Crippen molar-refractivity contribution in [1.82, 2.24) is 5.32 Å². The van der Waals surface area contributed by atoms with Gasteiger partial charge in [-0.1, -0.05) is 6.07 Å². The number of nitrogens with zero attached hydrogens (tertiary/aromatic N) is 1. The summed E-state index contributed by atoms with van der Waals surface area (Å²) >= 11 is 0. The maximum absolute atomic E-state index is 13.4. The Labute approximate surface area is 157 Å².